The predicted molar refractivity (Wildman–Crippen MR) is 150 cm³/mol. The number of likely N-dealkylation sites (tertiary alicyclic amines) is 1. The highest BCUT2D eigenvalue weighted by Crippen LogP contribution is 2.45. The Morgan fingerprint density at radius 1 is 1.05 bits per heavy atom. The van der Waals surface area contributed by atoms with Gasteiger partial charge in [0, 0.05) is 59.7 Å². The van der Waals surface area contributed by atoms with Gasteiger partial charge in [0.1, 0.15) is 0 Å². The van der Waals surface area contributed by atoms with Crippen LogP contribution in [0.5, 0.6) is 0 Å². The van der Waals surface area contributed by atoms with E-state index in [1.54, 1.807) is 0 Å². The number of ether oxygens (including phenoxy) is 1. The number of carboxylic acid groups (broad SMARTS) is 2. The van der Waals surface area contributed by atoms with Crippen LogP contribution in [0.1, 0.15) is 81.9 Å². The van der Waals surface area contributed by atoms with Crippen LogP contribution in [-0.2, 0) is 25.5 Å². The summed E-state index contributed by atoms with van der Waals surface area (Å²) in [6.07, 6.45) is 12.7. The maximum Gasteiger partial charge on any atom is 0.328 e. The molecule has 3 aliphatic rings. The second-order valence-electron chi connectivity index (χ2n) is 11.6. The van der Waals surface area contributed by atoms with Gasteiger partial charge in [0.2, 0.25) is 0 Å². The van der Waals surface area contributed by atoms with Gasteiger partial charge < -0.3 is 24.4 Å². The second kappa shape index (κ2) is 12.8. The Labute approximate surface area is 230 Å². The van der Waals surface area contributed by atoms with E-state index >= 15 is 0 Å². The summed E-state index contributed by atoms with van der Waals surface area (Å²) in [6, 6.07) is 7.89. The van der Waals surface area contributed by atoms with Gasteiger partial charge in [-0.3, -0.25) is 4.79 Å². The fourth-order valence-corrected chi connectivity index (χ4v) is 6.71. The van der Waals surface area contributed by atoms with Crippen molar-refractivity contribution in [2.45, 2.75) is 83.2 Å². The molecule has 0 spiro atoms. The first kappa shape index (κ1) is 28.9. The number of likely N-dealkylation sites (N-methyl/N-ethyl adjacent to an activating group) is 1. The molecule has 39 heavy (non-hydrogen) atoms. The third-order valence-corrected chi connectivity index (χ3v) is 8.54. The highest BCUT2D eigenvalue weighted by molar-refractivity contribution is 5.90. The molecule has 5 rings (SSSR count). The van der Waals surface area contributed by atoms with Crippen molar-refractivity contribution in [2.75, 3.05) is 20.2 Å². The van der Waals surface area contributed by atoms with Gasteiger partial charge in [-0.15, -0.1) is 0 Å². The minimum absolute atomic E-state index is 0.0636. The number of carbonyl (C=O) groups is 3. The Hall–Kier alpha value is -3.13. The maximum atomic E-state index is 12.7. The SMILES string of the molecule is CC(C)n1cc2c3c(cccc31)[C@H]1C[C@@H](COC(=O)C3CCCCCC3)CN(C)[C@@H]1C2.O=C(O)/C=C\C(=O)O. The van der Waals surface area contributed by atoms with E-state index in [0.29, 0.717) is 42.7 Å². The Bertz CT molecular complexity index is 1190. The van der Waals surface area contributed by atoms with Gasteiger partial charge >= 0.3 is 17.9 Å². The van der Waals surface area contributed by atoms with Crippen molar-refractivity contribution in [3.8, 4) is 0 Å². The van der Waals surface area contributed by atoms with Crippen LogP contribution in [0.2, 0.25) is 0 Å². The van der Waals surface area contributed by atoms with E-state index in [2.05, 4.69) is 54.8 Å². The number of piperidine rings is 1. The zero-order chi connectivity index (χ0) is 28.1. The summed E-state index contributed by atoms with van der Waals surface area (Å²) < 4.78 is 8.36. The molecular formula is C31H42N2O6. The number of hydrogen-bond acceptors (Lipinski definition) is 5. The van der Waals surface area contributed by atoms with Crippen molar-refractivity contribution in [2.24, 2.45) is 11.8 Å². The van der Waals surface area contributed by atoms with Crippen molar-refractivity contribution in [3.63, 3.8) is 0 Å². The van der Waals surface area contributed by atoms with Crippen LogP contribution in [-0.4, -0.2) is 63.8 Å². The van der Waals surface area contributed by atoms with Gasteiger partial charge in [0.25, 0.3) is 0 Å². The zero-order valence-electron chi connectivity index (χ0n) is 23.3. The molecule has 3 atom stereocenters. The van der Waals surface area contributed by atoms with Gasteiger partial charge in [-0.2, -0.15) is 0 Å². The van der Waals surface area contributed by atoms with Gasteiger partial charge in [-0.1, -0.05) is 37.8 Å². The zero-order valence-corrected chi connectivity index (χ0v) is 23.3. The van der Waals surface area contributed by atoms with Crippen LogP contribution < -0.4 is 0 Å². The molecule has 0 amide bonds. The number of rotatable bonds is 6. The molecule has 0 radical (unpaired) electrons. The third-order valence-electron chi connectivity index (χ3n) is 8.54. The first-order valence-electron chi connectivity index (χ1n) is 14.3. The smallest absolute Gasteiger partial charge is 0.328 e. The monoisotopic (exact) mass is 538 g/mol. The standard InChI is InChI=1S/C27H38N2O2.C4H4O4/c1-18(2)29-16-21-14-25-23(22-11-8-12-24(29)26(21)22)13-19(15-28(25)3)17-31-27(30)20-9-6-4-5-7-10-20;5-3(6)1-2-4(7)8/h8,11-12,16,18-20,23,25H,4-7,9-10,13-15,17H2,1-3H3;1-2H,(H,5,6)(H,7,8)/b;2-1-/t19-,23-,25-;/m1./s1. The van der Waals surface area contributed by atoms with Gasteiger partial charge in [0.15, 0.2) is 0 Å². The number of hydrogen-bond donors (Lipinski definition) is 2. The first-order valence-corrected chi connectivity index (χ1v) is 14.3. The lowest BCUT2D eigenvalue weighted by atomic mass is 9.72. The van der Waals surface area contributed by atoms with Gasteiger partial charge in [-0.05, 0) is 63.8 Å². The molecule has 1 aromatic heterocycles. The molecule has 2 fully saturated rings. The molecule has 1 saturated heterocycles. The van der Waals surface area contributed by atoms with Crippen molar-refractivity contribution in [1.29, 1.82) is 0 Å². The first-order chi connectivity index (χ1) is 18.7. The van der Waals surface area contributed by atoms with Crippen LogP contribution in [0.3, 0.4) is 0 Å². The number of benzene rings is 1. The number of fused-ring (bicyclic) bond motifs is 2. The lowest BCUT2D eigenvalue weighted by Crippen LogP contribution is -2.48. The number of esters is 1. The van der Waals surface area contributed by atoms with Crippen molar-refractivity contribution in [1.82, 2.24) is 9.47 Å². The lowest BCUT2D eigenvalue weighted by molar-refractivity contribution is -0.151. The van der Waals surface area contributed by atoms with E-state index in [9.17, 15) is 14.4 Å². The molecule has 2 aliphatic carbocycles. The minimum atomic E-state index is -1.26. The highest BCUT2D eigenvalue weighted by Gasteiger charge is 2.40. The number of carbonyl (C=O) groups excluding carboxylic acids is 1. The van der Waals surface area contributed by atoms with E-state index in [1.165, 1.54) is 47.7 Å². The van der Waals surface area contributed by atoms with E-state index in [4.69, 9.17) is 14.9 Å². The van der Waals surface area contributed by atoms with Gasteiger partial charge in [0.05, 0.1) is 12.5 Å². The number of carboxylic acids is 2. The largest absolute Gasteiger partial charge is 0.478 e. The molecule has 2 aromatic rings. The Balaban J connectivity index is 0.000000386. The van der Waals surface area contributed by atoms with Crippen LogP contribution in [0.4, 0.5) is 0 Å². The number of nitrogens with zero attached hydrogens (tertiary/aromatic N) is 2. The topological polar surface area (TPSA) is 109 Å². The molecule has 8 nitrogen and oxygen atoms in total. The summed E-state index contributed by atoms with van der Waals surface area (Å²) in [5.74, 6) is -1.36. The Morgan fingerprint density at radius 2 is 1.72 bits per heavy atom. The lowest BCUT2D eigenvalue weighted by Gasteiger charge is -2.45. The fraction of sp³-hybridized carbons (Fsp3) is 0.581. The number of aromatic nitrogens is 1. The van der Waals surface area contributed by atoms with E-state index in [1.807, 2.05) is 0 Å². The fourth-order valence-electron chi connectivity index (χ4n) is 6.71. The highest BCUT2D eigenvalue weighted by atomic mass is 16.5. The van der Waals surface area contributed by atoms with Crippen LogP contribution >= 0.6 is 0 Å². The summed E-state index contributed by atoms with van der Waals surface area (Å²) in [7, 11) is 2.27. The quantitative estimate of drug-likeness (QED) is 0.288. The summed E-state index contributed by atoms with van der Waals surface area (Å²) in [4.78, 5) is 34.3. The molecule has 1 aromatic carbocycles. The molecule has 8 heteroatoms. The second-order valence-corrected chi connectivity index (χ2v) is 11.6. The molecule has 1 saturated carbocycles. The summed E-state index contributed by atoms with van der Waals surface area (Å²) in [6.45, 7) is 6.14. The van der Waals surface area contributed by atoms with E-state index in [-0.39, 0.29) is 11.9 Å². The van der Waals surface area contributed by atoms with Crippen molar-refractivity contribution < 1.29 is 29.3 Å². The average Bonchev–Trinajstić information content (AvgIpc) is 3.07. The molecule has 2 N–H and O–H groups in total. The number of aliphatic carboxylic acids is 2. The molecule has 2 heterocycles. The summed E-state index contributed by atoms with van der Waals surface area (Å²) in [5.41, 5.74) is 4.39. The minimum Gasteiger partial charge on any atom is -0.478 e. The Kier molecular flexibility index (Phi) is 9.49. The Morgan fingerprint density at radius 3 is 2.33 bits per heavy atom. The summed E-state index contributed by atoms with van der Waals surface area (Å²) in [5, 5.41) is 17.1. The van der Waals surface area contributed by atoms with Gasteiger partial charge in [-0.25, -0.2) is 9.59 Å². The normalized spacial score (nSPS) is 23.6. The molecule has 0 bridgehead atoms. The molecular weight excluding hydrogens is 496 g/mol. The predicted octanol–water partition coefficient (Wildman–Crippen LogP) is 5.41. The van der Waals surface area contributed by atoms with Crippen LogP contribution in [0.15, 0.2) is 36.5 Å². The van der Waals surface area contributed by atoms with Crippen LogP contribution in [0.25, 0.3) is 10.9 Å². The maximum absolute atomic E-state index is 12.7. The molecule has 1 aliphatic heterocycles. The van der Waals surface area contributed by atoms with E-state index in [0.717, 1.165) is 32.2 Å². The molecule has 0 unspecified atom stereocenters. The van der Waals surface area contributed by atoms with Crippen LogP contribution in [0, 0.1) is 11.8 Å². The summed E-state index contributed by atoms with van der Waals surface area (Å²) >= 11 is 0. The molecule has 212 valence electrons. The van der Waals surface area contributed by atoms with Crippen molar-refractivity contribution in [3.05, 3.63) is 47.7 Å². The third kappa shape index (κ3) is 6.90. The van der Waals surface area contributed by atoms with E-state index < -0.39 is 11.9 Å². The van der Waals surface area contributed by atoms with Crippen molar-refractivity contribution >= 4 is 28.8 Å². The average molecular weight is 539 g/mol.